The van der Waals surface area contributed by atoms with Gasteiger partial charge in [0.1, 0.15) is 5.82 Å². The van der Waals surface area contributed by atoms with Gasteiger partial charge in [-0.05, 0) is 12.1 Å². The van der Waals surface area contributed by atoms with E-state index >= 15 is 0 Å². The minimum Gasteiger partial charge on any atom is -0.481 e. The van der Waals surface area contributed by atoms with Crippen LogP contribution in [0, 0.1) is 5.82 Å². The van der Waals surface area contributed by atoms with Crippen LogP contribution < -0.4 is 5.73 Å². The Bertz CT molecular complexity index is 418. The molecule has 1 rings (SSSR count). The number of carbonyl (C=O) groups is 1. The van der Waals surface area contributed by atoms with Crippen molar-refractivity contribution in [3.8, 4) is 0 Å². The lowest BCUT2D eigenvalue weighted by Gasteiger charge is -2.02. The number of hydrogen-bond donors (Lipinski definition) is 2. The minimum absolute atomic E-state index is 0.0407. The summed E-state index contributed by atoms with van der Waals surface area (Å²) in [5, 5.41) is 8.61. The van der Waals surface area contributed by atoms with Gasteiger partial charge < -0.3 is 10.8 Å². The predicted octanol–water partition coefficient (Wildman–Crippen LogP) is 2.55. The maximum Gasteiger partial charge on any atom is 0.307 e. The third-order valence-corrected chi connectivity index (χ3v) is 1.93. The molecule has 0 amide bonds. The average Bonchev–Trinajstić information content (AvgIpc) is 2.12. The number of nitrogen functional groups attached to an aromatic ring is 1. The van der Waals surface area contributed by atoms with E-state index in [0.29, 0.717) is 5.56 Å². The summed E-state index contributed by atoms with van der Waals surface area (Å²) in [6.45, 7) is 0. The zero-order valence-electron chi connectivity index (χ0n) is 7.71. The predicted molar refractivity (Wildman–Crippen MR) is 57.1 cm³/mol. The van der Waals surface area contributed by atoms with E-state index in [-0.39, 0.29) is 17.1 Å². The fraction of sp³-hybridized carbons (Fsp3) is 0.100. The Morgan fingerprint density at radius 1 is 1.60 bits per heavy atom. The van der Waals surface area contributed by atoms with Crippen molar-refractivity contribution < 1.29 is 14.3 Å². The molecule has 0 saturated carbocycles. The number of hydrogen-bond acceptors (Lipinski definition) is 2. The number of aliphatic carboxylic acids is 1. The van der Waals surface area contributed by atoms with Crippen molar-refractivity contribution in [2.45, 2.75) is 6.42 Å². The molecule has 0 atom stereocenters. The summed E-state index contributed by atoms with van der Waals surface area (Å²) in [5.41, 5.74) is 5.77. The van der Waals surface area contributed by atoms with Crippen molar-refractivity contribution in [3.05, 3.63) is 34.6 Å². The van der Waals surface area contributed by atoms with Crippen LogP contribution in [0.2, 0.25) is 5.02 Å². The Labute approximate surface area is 91.0 Å². The zero-order valence-corrected chi connectivity index (χ0v) is 8.46. The number of nitrogens with two attached hydrogens (primary N) is 1. The van der Waals surface area contributed by atoms with Crippen molar-refractivity contribution in [3.63, 3.8) is 0 Å². The molecule has 0 heterocycles. The SMILES string of the molecule is Nc1c(F)cc(Cl)cc1C=CCC(=O)O. The summed E-state index contributed by atoms with van der Waals surface area (Å²) in [7, 11) is 0. The van der Waals surface area contributed by atoms with Gasteiger partial charge in [0.2, 0.25) is 0 Å². The molecule has 0 saturated heterocycles. The lowest BCUT2D eigenvalue weighted by molar-refractivity contribution is -0.135. The second-order valence-electron chi connectivity index (χ2n) is 2.89. The van der Waals surface area contributed by atoms with Crippen LogP contribution in [-0.2, 0) is 4.79 Å². The van der Waals surface area contributed by atoms with E-state index in [1.165, 1.54) is 18.2 Å². The first-order chi connectivity index (χ1) is 7.00. The van der Waals surface area contributed by atoms with E-state index < -0.39 is 11.8 Å². The van der Waals surface area contributed by atoms with E-state index in [0.717, 1.165) is 6.07 Å². The van der Waals surface area contributed by atoms with Gasteiger partial charge in [0.05, 0.1) is 12.1 Å². The number of benzene rings is 1. The molecule has 0 radical (unpaired) electrons. The molecule has 80 valence electrons. The van der Waals surface area contributed by atoms with Crippen LogP contribution in [0.4, 0.5) is 10.1 Å². The van der Waals surface area contributed by atoms with Crippen molar-refractivity contribution >= 4 is 29.3 Å². The van der Waals surface area contributed by atoms with Gasteiger partial charge in [-0.1, -0.05) is 23.8 Å². The summed E-state index contributed by atoms with van der Waals surface area (Å²) in [6, 6.07) is 2.57. The monoisotopic (exact) mass is 229 g/mol. The van der Waals surface area contributed by atoms with E-state index in [1.807, 2.05) is 0 Å². The maximum absolute atomic E-state index is 13.1. The molecule has 0 aliphatic carbocycles. The fourth-order valence-corrected chi connectivity index (χ4v) is 1.24. The average molecular weight is 230 g/mol. The number of carboxylic acid groups (broad SMARTS) is 1. The summed E-state index contributed by atoms with van der Waals surface area (Å²) in [4.78, 5) is 10.2. The molecular formula is C10H9ClFNO2. The number of anilines is 1. The standard InChI is InChI=1S/C10H9ClFNO2/c11-7-4-6(2-1-3-9(14)15)10(13)8(12)5-7/h1-2,4-5H,3,13H2,(H,14,15). The first kappa shape index (κ1) is 11.5. The second kappa shape index (κ2) is 4.79. The molecule has 0 unspecified atom stereocenters. The van der Waals surface area contributed by atoms with Crippen LogP contribution in [0.5, 0.6) is 0 Å². The molecule has 0 fully saturated rings. The van der Waals surface area contributed by atoms with E-state index in [9.17, 15) is 9.18 Å². The summed E-state index contributed by atoms with van der Waals surface area (Å²) >= 11 is 5.62. The van der Waals surface area contributed by atoms with Crippen LogP contribution in [-0.4, -0.2) is 11.1 Å². The van der Waals surface area contributed by atoms with Crippen LogP contribution in [0.1, 0.15) is 12.0 Å². The lowest BCUT2D eigenvalue weighted by atomic mass is 10.1. The molecule has 1 aromatic carbocycles. The zero-order chi connectivity index (χ0) is 11.4. The molecule has 0 spiro atoms. The highest BCUT2D eigenvalue weighted by molar-refractivity contribution is 6.30. The van der Waals surface area contributed by atoms with Crippen molar-refractivity contribution in [2.24, 2.45) is 0 Å². The number of rotatable bonds is 3. The molecular weight excluding hydrogens is 221 g/mol. The molecule has 15 heavy (non-hydrogen) atoms. The topological polar surface area (TPSA) is 63.3 Å². The van der Waals surface area contributed by atoms with Crippen LogP contribution >= 0.6 is 11.6 Å². The van der Waals surface area contributed by atoms with Crippen molar-refractivity contribution in [1.82, 2.24) is 0 Å². The molecule has 3 nitrogen and oxygen atoms in total. The van der Waals surface area contributed by atoms with Gasteiger partial charge in [0.25, 0.3) is 0 Å². The van der Waals surface area contributed by atoms with Gasteiger partial charge in [0, 0.05) is 10.6 Å². The van der Waals surface area contributed by atoms with Crippen LogP contribution in [0.15, 0.2) is 18.2 Å². The van der Waals surface area contributed by atoms with E-state index in [1.54, 1.807) is 0 Å². The highest BCUT2D eigenvalue weighted by Gasteiger charge is 2.04. The molecule has 0 aliphatic rings. The Kier molecular flexibility index (Phi) is 3.68. The van der Waals surface area contributed by atoms with Gasteiger partial charge in [-0.15, -0.1) is 0 Å². The largest absolute Gasteiger partial charge is 0.481 e. The molecule has 0 aliphatic heterocycles. The van der Waals surface area contributed by atoms with Crippen LogP contribution in [0.3, 0.4) is 0 Å². The van der Waals surface area contributed by atoms with Gasteiger partial charge in [-0.3, -0.25) is 4.79 Å². The molecule has 3 N–H and O–H groups in total. The Balaban J connectivity index is 2.94. The van der Waals surface area contributed by atoms with Crippen LogP contribution in [0.25, 0.3) is 6.08 Å². The Hall–Kier alpha value is -1.55. The van der Waals surface area contributed by atoms with Gasteiger partial charge in [0.15, 0.2) is 0 Å². The maximum atomic E-state index is 13.1. The first-order valence-corrected chi connectivity index (χ1v) is 4.51. The third kappa shape index (κ3) is 3.25. The summed E-state index contributed by atoms with van der Waals surface area (Å²) < 4.78 is 13.1. The van der Waals surface area contributed by atoms with E-state index in [4.69, 9.17) is 22.4 Å². The minimum atomic E-state index is -0.965. The fourth-order valence-electron chi connectivity index (χ4n) is 1.03. The van der Waals surface area contributed by atoms with Crippen molar-refractivity contribution in [1.29, 1.82) is 0 Å². The second-order valence-corrected chi connectivity index (χ2v) is 3.33. The molecule has 1 aromatic rings. The third-order valence-electron chi connectivity index (χ3n) is 1.72. The van der Waals surface area contributed by atoms with Crippen molar-refractivity contribution in [2.75, 3.05) is 5.73 Å². The smallest absolute Gasteiger partial charge is 0.307 e. The molecule has 0 aromatic heterocycles. The quantitative estimate of drug-likeness (QED) is 0.783. The Morgan fingerprint density at radius 2 is 2.27 bits per heavy atom. The van der Waals surface area contributed by atoms with Gasteiger partial charge >= 0.3 is 5.97 Å². The highest BCUT2D eigenvalue weighted by atomic mass is 35.5. The van der Waals surface area contributed by atoms with Gasteiger partial charge in [-0.25, -0.2) is 4.39 Å². The number of halogens is 2. The van der Waals surface area contributed by atoms with E-state index in [2.05, 4.69) is 0 Å². The molecule has 5 heteroatoms. The first-order valence-electron chi connectivity index (χ1n) is 4.13. The summed E-state index contributed by atoms with van der Waals surface area (Å²) in [6.07, 6.45) is 2.66. The highest BCUT2D eigenvalue weighted by Crippen LogP contribution is 2.23. The summed E-state index contributed by atoms with van der Waals surface area (Å²) in [5.74, 6) is -1.58. The normalized spacial score (nSPS) is 10.8. The molecule has 0 bridgehead atoms. The Morgan fingerprint density at radius 3 is 2.87 bits per heavy atom. The number of carboxylic acids is 1. The van der Waals surface area contributed by atoms with Gasteiger partial charge in [-0.2, -0.15) is 0 Å². The lowest BCUT2D eigenvalue weighted by Crippen LogP contribution is -1.95.